The van der Waals surface area contributed by atoms with Gasteiger partial charge >= 0.3 is 12.2 Å². The first-order valence-electron chi connectivity index (χ1n) is 8.53. The topological polar surface area (TPSA) is 59.4 Å². The second kappa shape index (κ2) is 9.40. The quantitative estimate of drug-likeness (QED) is 0.761. The van der Waals surface area contributed by atoms with E-state index in [1.807, 2.05) is 6.92 Å². The van der Waals surface area contributed by atoms with Crippen LogP contribution in [0.1, 0.15) is 23.9 Å². The Labute approximate surface area is 155 Å². The molecule has 27 heavy (non-hydrogen) atoms. The van der Waals surface area contributed by atoms with Crippen LogP contribution < -0.4 is 5.32 Å². The summed E-state index contributed by atoms with van der Waals surface area (Å²) >= 11 is 0. The molecule has 0 atom stereocenters. The smallest absolute Gasteiger partial charge is 0.383 e. The van der Waals surface area contributed by atoms with Crippen molar-refractivity contribution in [1.82, 2.24) is 19.8 Å². The maximum Gasteiger partial charge on any atom is 0.416 e. The van der Waals surface area contributed by atoms with Crippen LogP contribution in [-0.2, 0) is 24.0 Å². The number of benzene rings is 1. The van der Waals surface area contributed by atoms with Crippen LogP contribution in [0.5, 0.6) is 0 Å². The highest BCUT2D eigenvalue weighted by Gasteiger charge is 2.30. The molecule has 6 nitrogen and oxygen atoms in total. The number of amides is 2. The van der Waals surface area contributed by atoms with Crippen LogP contribution in [0.4, 0.5) is 18.0 Å². The number of ether oxygens (including phenoxy) is 1. The van der Waals surface area contributed by atoms with Crippen molar-refractivity contribution in [3.8, 4) is 0 Å². The maximum absolute atomic E-state index is 12.9. The Morgan fingerprint density at radius 2 is 2.15 bits per heavy atom. The molecular formula is C18H23F3N4O2. The third-order valence-electron chi connectivity index (χ3n) is 3.92. The molecule has 0 unspecified atom stereocenters. The number of nitrogens with one attached hydrogen (secondary N) is 1. The monoisotopic (exact) mass is 384 g/mol. The number of rotatable bonds is 8. The summed E-state index contributed by atoms with van der Waals surface area (Å²) in [5.74, 6) is 0.578. The molecule has 1 aromatic heterocycles. The zero-order chi connectivity index (χ0) is 19.9. The van der Waals surface area contributed by atoms with Crippen LogP contribution in [0.25, 0.3) is 0 Å². The number of nitrogens with zero attached hydrogens (tertiary/aromatic N) is 3. The fourth-order valence-electron chi connectivity index (χ4n) is 2.57. The van der Waals surface area contributed by atoms with Gasteiger partial charge in [0.2, 0.25) is 0 Å². The number of hydrogen-bond acceptors (Lipinski definition) is 3. The van der Waals surface area contributed by atoms with Crippen LogP contribution in [0.3, 0.4) is 0 Å². The Balaban J connectivity index is 2.15. The van der Waals surface area contributed by atoms with Crippen molar-refractivity contribution in [3.63, 3.8) is 0 Å². The van der Waals surface area contributed by atoms with E-state index in [1.165, 1.54) is 6.07 Å². The average molecular weight is 384 g/mol. The lowest BCUT2D eigenvalue weighted by Gasteiger charge is -2.22. The Bertz CT molecular complexity index is 746. The van der Waals surface area contributed by atoms with E-state index in [4.69, 9.17) is 4.74 Å². The maximum atomic E-state index is 12.9. The second-order valence-electron chi connectivity index (χ2n) is 5.92. The number of halogens is 3. The fraction of sp³-hybridized carbons (Fsp3) is 0.444. The summed E-state index contributed by atoms with van der Waals surface area (Å²) in [5, 5.41) is 2.73. The summed E-state index contributed by atoms with van der Waals surface area (Å²) in [5.41, 5.74) is -0.184. The molecule has 9 heteroatoms. The molecule has 0 aliphatic carbocycles. The second-order valence-corrected chi connectivity index (χ2v) is 5.92. The summed E-state index contributed by atoms with van der Waals surface area (Å²) in [4.78, 5) is 18.0. The van der Waals surface area contributed by atoms with Crippen molar-refractivity contribution in [3.05, 3.63) is 53.6 Å². The minimum Gasteiger partial charge on any atom is -0.383 e. The normalized spacial score (nSPS) is 11.4. The van der Waals surface area contributed by atoms with E-state index in [0.717, 1.165) is 12.1 Å². The molecule has 0 saturated carbocycles. The van der Waals surface area contributed by atoms with Gasteiger partial charge in [-0.15, -0.1) is 0 Å². The molecule has 148 valence electrons. The van der Waals surface area contributed by atoms with Gasteiger partial charge < -0.3 is 19.5 Å². The van der Waals surface area contributed by atoms with Gasteiger partial charge in [0, 0.05) is 39.1 Å². The van der Waals surface area contributed by atoms with E-state index >= 15 is 0 Å². The highest BCUT2D eigenvalue weighted by atomic mass is 19.4. The minimum atomic E-state index is -4.39. The van der Waals surface area contributed by atoms with Crippen molar-refractivity contribution >= 4 is 6.03 Å². The van der Waals surface area contributed by atoms with Crippen molar-refractivity contribution in [2.45, 2.75) is 26.2 Å². The third kappa shape index (κ3) is 5.99. The highest BCUT2D eigenvalue weighted by Crippen LogP contribution is 2.29. The lowest BCUT2D eigenvalue weighted by Crippen LogP contribution is -2.41. The van der Waals surface area contributed by atoms with Gasteiger partial charge in [0.05, 0.1) is 18.7 Å². The summed E-state index contributed by atoms with van der Waals surface area (Å²) in [6, 6.07) is 4.93. The predicted molar refractivity (Wildman–Crippen MR) is 94.1 cm³/mol. The SMILES string of the molecule is CCNC(=O)N(CCOC)Cc1nccn1Cc1cccc(C(F)(F)F)c1. The van der Waals surface area contributed by atoms with Crippen molar-refractivity contribution in [2.75, 3.05) is 26.8 Å². The highest BCUT2D eigenvalue weighted by molar-refractivity contribution is 5.74. The van der Waals surface area contributed by atoms with Gasteiger partial charge in [-0.3, -0.25) is 0 Å². The molecule has 1 aromatic carbocycles. The van der Waals surface area contributed by atoms with Crippen molar-refractivity contribution < 1.29 is 22.7 Å². The molecule has 0 spiro atoms. The predicted octanol–water partition coefficient (Wildman–Crippen LogP) is 3.13. The third-order valence-corrected chi connectivity index (χ3v) is 3.92. The number of hydrogen-bond donors (Lipinski definition) is 1. The standard InChI is InChI=1S/C18H23F3N4O2/c1-3-22-17(26)25(9-10-27-2)13-16-23-7-8-24(16)12-14-5-4-6-15(11-14)18(19,20)21/h4-8,11H,3,9-10,12-13H2,1-2H3,(H,22,26). The largest absolute Gasteiger partial charge is 0.416 e. The van der Waals surface area contributed by atoms with E-state index in [2.05, 4.69) is 10.3 Å². The molecule has 0 radical (unpaired) electrons. The molecular weight excluding hydrogens is 361 g/mol. The molecule has 0 fully saturated rings. The Morgan fingerprint density at radius 1 is 1.37 bits per heavy atom. The number of imidazole rings is 1. The van der Waals surface area contributed by atoms with Crippen LogP contribution in [0.2, 0.25) is 0 Å². The number of urea groups is 1. The molecule has 2 aromatic rings. The Morgan fingerprint density at radius 3 is 2.81 bits per heavy atom. The van der Waals surface area contributed by atoms with Gasteiger partial charge in [0.25, 0.3) is 0 Å². The summed E-state index contributed by atoms with van der Waals surface area (Å²) < 4.78 is 45.5. The van der Waals surface area contributed by atoms with Crippen LogP contribution in [0, 0.1) is 0 Å². The lowest BCUT2D eigenvalue weighted by atomic mass is 10.1. The number of carbonyl (C=O) groups is 1. The molecule has 2 rings (SSSR count). The van der Waals surface area contributed by atoms with Gasteiger partial charge in [-0.1, -0.05) is 12.1 Å². The Kier molecular flexibility index (Phi) is 7.23. The molecule has 0 aliphatic heterocycles. The average Bonchev–Trinajstić information content (AvgIpc) is 3.05. The number of aromatic nitrogens is 2. The van der Waals surface area contributed by atoms with Gasteiger partial charge in [0.15, 0.2) is 0 Å². The van der Waals surface area contributed by atoms with Crippen LogP contribution in [0.15, 0.2) is 36.7 Å². The summed E-state index contributed by atoms with van der Waals surface area (Å²) in [7, 11) is 1.55. The molecule has 0 bridgehead atoms. The van der Waals surface area contributed by atoms with Gasteiger partial charge in [-0.2, -0.15) is 13.2 Å². The number of alkyl halides is 3. The van der Waals surface area contributed by atoms with E-state index < -0.39 is 11.7 Å². The van der Waals surface area contributed by atoms with Crippen molar-refractivity contribution in [1.29, 1.82) is 0 Å². The number of methoxy groups -OCH3 is 1. The zero-order valence-electron chi connectivity index (χ0n) is 15.3. The lowest BCUT2D eigenvalue weighted by molar-refractivity contribution is -0.137. The zero-order valence-corrected chi connectivity index (χ0v) is 15.3. The van der Waals surface area contributed by atoms with E-state index in [-0.39, 0.29) is 19.1 Å². The summed E-state index contributed by atoms with van der Waals surface area (Å²) in [6.45, 7) is 3.50. The minimum absolute atomic E-state index is 0.223. The van der Waals surface area contributed by atoms with E-state index in [0.29, 0.717) is 31.1 Å². The number of carbonyl (C=O) groups excluding carboxylic acids is 1. The van der Waals surface area contributed by atoms with Gasteiger partial charge in [-0.05, 0) is 24.6 Å². The van der Waals surface area contributed by atoms with Gasteiger partial charge in [0.1, 0.15) is 5.82 Å². The fourth-order valence-corrected chi connectivity index (χ4v) is 2.57. The van der Waals surface area contributed by atoms with E-state index in [9.17, 15) is 18.0 Å². The first-order chi connectivity index (χ1) is 12.8. The first-order valence-corrected chi connectivity index (χ1v) is 8.53. The van der Waals surface area contributed by atoms with Crippen LogP contribution >= 0.6 is 0 Å². The molecule has 1 heterocycles. The molecule has 0 aliphatic rings. The summed E-state index contributed by atoms with van der Waals surface area (Å²) in [6.07, 6.45) is -1.14. The molecule has 1 N–H and O–H groups in total. The van der Waals surface area contributed by atoms with Crippen LogP contribution in [-0.4, -0.2) is 47.3 Å². The Hall–Kier alpha value is -2.55. The molecule has 2 amide bonds. The van der Waals surface area contributed by atoms with Crippen molar-refractivity contribution in [2.24, 2.45) is 0 Å². The van der Waals surface area contributed by atoms with E-state index in [1.54, 1.807) is 35.0 Å². The first kappa shape index (κ1) is 20.8. The van der Waals surface area contributed by atoms with Gasteiger partial charge in [-0.25, -0.2) is 9.78 Å². The molecule has 0 saturated heterocycles.